The molecular formula is C23H23F3N6O3S. The number of hydrogen-bond donors (Lipinski definition) is 2. The van der Waals surface area contributed by atoms with Crippen molar-refractivity contribution in [2.24, 2.45) is 0 Å². The van der Waals surface area contributed by atoms with Crippen molar-refractivity contribution in [1.82, 2.24) is 19.2 Å². The van der Waals surface area contributed by atoms with Crippen molar-refractivity contribution in [1.29, 1.82) is 0 Å². The van der Waals surface area contributed by atoms with Gasteiger partial charge in [-0.05, 0) is 37.4 Å². The summed E-state index contributed by atoms with van der Waals surface area (Å²) in [6.07, 6.45) is -3.25. The van der Waals surface area contributed by atoms with E-state index >= 15 is 0 Å². The zero-order valence-electron chi connectivity index (χ0n) is 19.2. The van der Waals surface area contributed by atoms with Crippen LogP contribution in [0, 0.1) is 0 Å². The number of anilines is 2. The number of sulfonamides is 1. The number of carbonyl (C=O) groups excluding carboxylic acids is 1. The number of hydrogen-bond acceptors (Lipinski definition) is 7. The first-order valence-electron chi connectivity index (χ1n) is 10.9. The molecule has 0 spiro atoms. The quantitative estimate of drug-likeness (QED) is 0.531. The first-order chi connectivity index (χ1) is 16.9. The van der Waals surface area contributed by atoms with Crippen molar-refractivity contribution in [2.45, 2.75) is 11.1 Å². The number of piperazine rings is 1. The average molecular weight is 521 g/mol. The van der Waals surface area contributed by atoms with Gasteiger partial charge >= 0.3 is 6.18 Å². The number of nitrogens with one attached hydrogen (secondary N) is 1. The minimum Gasteiger partial charge on any atom is -0.382 e. The number of benzene rings is 2. The normalized spacial score (nSPS) is 15.6. The fourth-order valence-corrected chi connectivity index (χ4v) is 5.07. The third-order valence-electron chi connectivity index (χ3n) is 5.71. The predicted molar refractivity (Wildman–Crippen MR) is 128 cm³/mol. The number of rotatable bonds is 5. The Morgan fingerprint density at radius 2 is 1.72 bits per heavy atom. The second-order valence-corrected chi connectivity index (χ2v) is 10.2. The van der Waals surface area contributed by atoms with E-state index in [2.05, 4.69) is 20.2 Å². The molecule has 2 aromatic carbocycles. The number of halogens is 3. The van der Waals surface area contributed by atoms with Crippen LogP contribution in [0.2, 0.25) is 0 Å². The van der Waals surface area contributed by atoms with E-state index in [1.54, 1.807) is 0 Å². The SMILES string of the molecule is CN1CCN(S(=O)(=O)c2ccc(-c3cnc(N)c(C(=O)Nc4cccc(C(F)(F)F)c4)n3)cc2)CC1. The summed E-state index contributed by atoms with van der Waals surface area (Å²) in [5, 5.41) is 2.35. The summed E-state index contributed by atoms with van der Waals surface area (Å²) in [6.45, 7) is 2.08. The lowest BCUT2D eigenvalue weighted by atomic mass is 10.1. The molecule has 1 amide bonds. The fourth-order valence-electron chi connectivity index (χ4n) is 3.64. The minimum atomic E-state index is -4.57. The number of amides is 1. The van der Waals surface area contributed by atoms with E-state index in [9.17, 15) is 26.4 Å². The third-order valence-corrected chi connectivity index (χ3v) is 7.63. The molecule has 0 aliphatic carbocycles. The molecule has 13 heteroatoms. The van der Waals surface area contributed by atoms with Crippen molar-refractivity contribution in [3.05, 3.63) is 66.0 Å². The predicted octanol–water partition coefficient (Wildman–Crippen LogP) is 2.93. The van der Waals surface area contributed by atoms with E-state index < -0.39 is 27.7 Å². The first kappa shape index (κ1) is 25.5. The highest BCUT2D eigenvalue weighted by atomic mass is 32.2. The Balaban J connectivity index is 1.54. The summed E-state index contributed by atoms with van der Waals surface area (Å²) in [5.74, 6) is -1.05. The van der Waals surface area contributed by atoms with Gasteiger partial charge in [0, 0.05) is 37.4 Å². The molecule has 0 bridgehead atoms. The van der Waals surface area contributed by atoms with Crippen LogP contribution in [0.25, 0.3) is 11.3 Å². The molecule has 1 saturated heterocycles. The lowest BCUT2D eigenvalue weighted by Crippen LogP contribution is -2.46. The maximum atomic E-state index is 13.0. The molecule has 0 saturated carbocycles. The largest absolute Gasteiger partial charge is 0.416 e. The Hall–Kier alpha value is -3.55. The number of carbonyl (C=O) groups is 1. The molecule has 1 aliphatic heterocycles. The van der Waals surface area contributed by atoms with Gasteiger partial charge in [-0.3, -0.25) is 4.79 Å². The van der Waals surface area contributed by atoms with E-state index in [-0.39, 0.29) is 27.8 Å². The lowest BCUT2D eigenvalue weighted by molar-refractivity contribution is -0.137. The average Bonchev–Trinajstić information content (AvgIpc) is 2.84. The topological polar surface area (TPSA) is 122 Å². The van der Waals surface area contributed by atoms with Crippen LogP contribution >= 0.6 is 0 Å². The Morgan fingerprint density at radius 1 is 1.06 bits per heavy atom. The molecule has 3 aromatic rings. The molecule has 4 rings (SSSR count). The molecule has 3 N–H and O–H groups in total. The summed E-state index contributed by atoms with van der Waals surface area (Å²) in [7, 11) is -1.72. The van der Waals surface area contributed by atoms with Crippen LogP contribution in [0.3, 0.4) is 0 Å². The van der Waals surface area contributed by atoms with Crippen LogP contribution in [0.5, 0.6) is 0 Å². The summed E-state index contributed by atoms with van der Waals surface area (Å²) >= 11 is 0. The number of aromatic nitrogens is 2. The zero-order chi connectivity index (χ0) is 26.1. The van der Waals surface area contributed by atoms with Crippen LogP contribution in [-0.2, 0) is 16.2 Å². The second-order valence-electron chi connectivity index (χ2n) is 8.25. The van der Waals surface area contributed by atoms with Gasteiger partial charge in [-0.15, -0.1) is 0 Å². The Bertz CT molecular complexity index is 1370. The highest BCUT2D eigenvalue weighted by molar-refractivity contribution is 7.89. The molecule has 36 heavy (non-hydrogen) atoms. The number of alkyl halides is 3. The van der Waals surface area contributed by atoms with Gasteiger partial charge in [-0.2, -0.15) is 17.5 Å². The molecule has 0 radical (unpaired) electrons. The highest BCUT2D eigenvalue weighted by Gasteiger charge is 2.31. The van der Waals surface area contributed by atoms with Crippen LogP contribution in [-0.4, -0.2) is 66.7 Å². The van der Waals surface area contributed by atoms with E-state index in [0.29, 0.717) is 31.7 Å². The van der Waals surface area contributed by atoms with Gasteiger partial charge in [0.1, 0.15) is 0 Å². The number of nitrogens with two attached hydrogens (primary N) is 1. The highest BCUT2D eigenvalue weighted by Crippen LogP contribution is 2.31. The van der Waals surface area contributed by atoms with Gasteiger partial charge in [0.15, 0.2) is 11.5 Å². The van der Waals surface area contributed by atoms with Gasteiger partial charge < -0.3 is 16.0 Å². The molecule has 2 heterocycles. The molecule has 1 fully saturated rings. The first-order valence-corrected chi connectivity index (χ1v) is 12.3. The van der Waals surface area contributed by atoms with Crippen LogP contribution < -0.4 is 11.1 Å². The van der Waals surface area contributed by atoms with Gasteiger partial charge in [0.25, 0.3) is 5.91 Å². The second kappa shape index (κ2) is 9.84. The van der Waals surface area contributed by atoms with E-state index in [0.717, 1.165) is 12.1 Å². The van der Waals surface area contributed by atoms with Gasteiger partial charge in [0.2, 0.25) is 10.0 Å². The van der Waals surface area contributed by atoms with Crippen LogP contribution in [0.4, 0.5) is 24.7 Å². The van der Waals surface area contributed by atoms with Crippen LogP contribution in [0.1, 0.15) is 16.1 Å². The molecule has 0 atom stereocenters. The Kier molecular flexibility index (Phi) is 6.98. The minimum absolute atomic E-state index is 0.0834. The van der Waals surface area contributed by atoms with Gasteiger partial charge in [-0.1, -0.05) is 18.2 Å². The molecule has 0 unspecified atom stereocenters. The number of nitrogen functional groups attached to an aromatic ring is 1. The zero-order valence-corrected chi connectivity index (χ0v) is 20.0. The lowest BCUT2D eigenvalue weighted by Gasteiger charge is -2.31. The van der Waals surface area contributed by atoms with E-state index in [1.165, 1.54) is 46.9 Å². The van der Waals surface area contributed by atoms with Crippen molar-refractivity contribution in [2.75, 3.05) is 44.3 Å². The number of likely N-dealkylation sites (N-methyl/N-ethyl adjacent to an activating group) is 1. The van der Waals surface area contributed by atoms with Crippen LogP contribution in [0.15, 0.2) is 59.6 Å². The monoisotopic (exact) mass is 520 g/mol. The van der Waals surface area contributed by atoms with Crippen molar-refractivity contribution < 1.29 is 26.4 Å². The maximum absolute atomic E-state index is 13.0. The van der Waals surface area contributed by atoms with Gasteiger partial charge in [0.05, 0.1) is 22.3 Å². The molecular weight excluding hydrogens is 497 g/mol. The van der Waals surface area contributed by atoms with Crippen molar-refractivity contribution in [3.8, 4) is 11.3 Å². The van der Waals surface area contributed by atoms with E-state index in [4.69, 9.17) is 5.73 Å². The Labute approximate surface area is 205 Å². The fraction of sp³-hybridized carbons (Fsp3) is 0.261. The number of nitrogens with zero attached hydrogens (tertiary/aromatic N) is 4. The smallest absolute Gasteiger partial charge is 0.382 e. The molecule has 190 valence electrons. The molecule has 9 nitrogen and oxygen atoms in total. The Morgan fingerprint density at radius 3 is 2.36 bits per heavy atom. The standard InChI is InChI=1S/C23H23F3N6O3S/c1-31-9-11-32(12-10-31)36(34,35)18-7-5-15(6-8-18)19-14-28-21(27)20(30-19)22(33)29-17-4-2-3-16(13-17)23(24,25)26/h2-8,13-14H,9-12H2,1H3,(H2,27,28)(H,29,33). The summed E-state index contributed by atoms with van der Waals surface area (Å²) < 4.78 is 66.2. The summed E-state index contributed by atoms with van der Waals surface area (Å²) in [5.41, 5.74) is 5.23. The summed E-state index contributed by atoms with van der Waals surface area (Å²) in [4.78, 5) is 23.1. The van der Waals surface area contributed by atoms with Crippen molar-refractivity contribution in [3.63, 3.8) is 0 Å². The van der Waals surface area contributed by atoms with Crippen molar-refractivity contribution >= 4 is 27.4 Å². The molecule has 1 aliphatic rings. The maximum Gasteiger partial charge on any atom is 0.416 e. The van der Waals surface area contributed by atoms with Gasteiger partial charge in [-0.25, -0.2) is 18.4 Å². The summed E-state index contributed by atoms with van der Waals surface area (Å²) in [6, 6.07) is 10.1. The molecule has 1 aromatic heterocycles. The third kappa shape index (κ3) is 5.48. The van der Waals surface area contributed by atoms with E-state index in [1.807, 2.05) is 7.05 Å².